The molecular formula is C15H29NO2. The number of aliphatic hydroxyl groups is 1. The van der Waals surface area contributed by atoms with E-state index in [2.05, 4.69) is 6.92 Å². The summed E-state index contributed by atoms with van der Waals surface area (Å²) < 4.78 is 0. The summed E-state index contributed by atoms with van der Waals surface area (Å²) in [4.78, 5) is 13.9. The quantitative estimate of drug-likeness (QED) is 0.643. The molecule has 0 aromatic rings. The lowest BCUT2D eigenvalue weighted by molar-refractivity contribution is -0.132. The van der Waals surface area contributed by atoms with Crippen molar-refractivity contribution >= 4 is 5.91 Å². The Kier molecular flexibility index (Phi) is 8.06. The zero-order valence-electron chi connectivity index (χ0n) is 11.9. The lowest BCUT2D eigenvalue weighted by Crippen LogP contribution is -2.37. The van der Waals surface area contributed by atoms with Crippen molar-refractivity contribution < 1.29 is 9.90 Å². The molecule has 1 heterocycles. The molecular weight excluding hydrogens is 226 g/mol. The van der Waals surface area contributed by atoms with E-state index in [1.807, 2.05) is 4.90 Å². The van der Waals surface area contributed by atoms with Crippen LogP contribution in [0.15, 0.2) is 0 Å². The van der Waals surface area contributed by atoms with Crippen LogP contribution in [0.25, 0.3) is 0 Å². The topological polar surface area (TPSA) is 40.5 Å². The standard InChI is InChI=1S/C15H29NO2/c1-2-3-4-5-6-7-8-11-15(18)16-12-9-10-14(16)13-17/h14,17H,2-13H2,1H3/t14-/m1/s1. The van der Waals surface area contributed by atoms with E-state index in [9.17, 15) is 9.90 Å². The van der Waals surface area contributed by atoms with Crippen LogP contribution in [0, 0.1) is 0 Å². The minimum Gasteiger partial charge on any atom is -0.394 e. The van der Waals surface area contributed by atoms with Gasteiger partial charge in [-0.25, -0.2) is 0 Å². The number of hydrogen-bond acceptors (Lipinski definition) is 2. The first-order valence-electron chi connectivity index (χ1n) is 7.70. The molecule has 1 aliphatic heterocycles. The van der Waals surface area contributed by atoms with Crippen molar-refractivity contribution in [2.75, 3.05) is 13.2 Å². The SMILES string of the molecule is CCCCCCCCCC(=O)N1CCC[C@@H]1CO. The van der Waals surface area contributed by atoms with Gasteiger partial charge >= 0.3 is 0 Å². The van der Waals surface area contributed by atoms with Crippen molar-refractivity contribution in [3.05, 3.63) is 0 Å². The maximum atomic E-state index is 12.0. The molecule has 0 aliphatic carbocycles. The third kappa shape index (κ3) is 5.38. The molecule has 0 aromatic carbocycles. The molecule has 1 atom stereocenters. The van der Waals surface area contributed by atoms with E-state index in [1.165, 1.54) is 38.5 Å². The first-order valence-corrected chi connectivity index (χ1v) is 7.70. The van der Waals surface area contributed by atoms with E-state index in [1.54, 1.807) is 0 Å². The van der Waals surface area contributed by atoms with Gasteiger partial charge in [0.05, 0.1) is 12.6 Å². The van der Waals surface area contributed by atoms with Crippen LogP contribution in [-0.4, -0.2) is 35.1 Å². The average Bonchev–Trinajstić information content (AvgIpc) is 2.85. The largest absolute Gasteiger partial charge is 0.394 e. The van der Waals surface area contributed by atoms with E-state index in [0.717, 1.165) is 25.8 Å². The Balaban J connectivity index is 2.03. The third-order valence-electron chi connectivity index (χ3n) is 3.90. The third-order valence-corrected chi connectivity index (χ3v) is 3.90. The zero-order chi connectivity index (χ0) is 13.2. The molecule has 0 aromatic heterocycles. The second-order valence-electron chi connectivity index (χ2n) is 5.44. The molecule has 0 bridgehead atoms. The molecule has 3 heteroatoms. The highest BCUT2D eigenvalue weighted by Crippen LogP contribution is 2.18. The maximum Gasteiger partial charge on any atom is 0.222 e. The van der Waals surface area contributed by atoms with Gasteiger partial charge in [-0.05, 0) is 19.3 Å². The summed E-state index contributed by atoms with van der Waals surface area (Å²) in [5, 5.41) is 9.18. The van der Waals surface area contributed by atoms with Gasteiger partial charge in [-0.3, -0.25) is 4.79 Å². The van der Waals surface area contributed by atoms with Crippen molar-refractivity contribution in [2.45, 2.75) is 77.2 Å². The molecule has 0 radical (unpaired) electrons. The van der Waals surface area contributed by atoms with Gasteiger partial charge in [-0.15, -0.1) is 0 Å². The summed E-state index contributed by atoms with van der Waals surface area (Å²) in [6.45, 7) is 3.20. The Labute approximate surface area is 112 Å². The number of likely N-dealkylation sites (tertiary alicyclic amines) is 1. The van der Waals surface area contributed by atoms with Crippen molar-refractivity contribution in [3.63, 3.8) is 0 Å². The molecule has 106 valence electrons. The highest BCUT2D eigenvalue weighted by Gasteiger charge is 2.27. The lowest BCUT2D eigenvalue weighted by atomic mass is 10.1. The van der Waals surface area contributed by atoms with Crippen molar-refractivity contribution in [3.8, 4) is 0 Å². The van der Waals surface area contributed by atoms with Crippen molar-refractivity contribution in [2.24, 2.45) is 0 Å². The number of carbonyl (C=O) groups excluding carboxylic acids is 1. The minimum absolute atomic E-state index is 0.0991. The van der Waals surface area contributed by atoms with Crippen molar-refractivity contribution in [1.82, 2.24) is 4.90 Å². The fourth-order valence-electron chi connectivity index (χ4n) is 2.73. The molecule has 1 rings (SSSR count). The first kappa shape index (κ1) is 15.5. The summed E-state index contributed by atoms with van der Waals surface area (Å²) in [6.07, 6.45) is 11.4. The number of hydrogen-bond donors (Lipinski definition) is 1. The smallest absolute Gasteiger partial charge is 0.222 e. The van der Waals surface area contributed by atoms with Gasteiger partial charge in [0.15, 0.2) is 0 Å². The fourth-order valence-corrected chi connectivity index (χ4v) is 2.73. The Hall–Kier alpha value is -0.570. The van der Waals surface area contributed by atoms with Gasteiger partial charge in [-0.2, -0.15) is 0 Å². The van der Waals surface area contributed by atoms with Gasteiger partial charge in [0.1, 0.15) is 0 Å². The molecule has 1 amide bonds. The predicted molar refractivity (Wildman–Crippen MR) is 74.4 cm³/mol. The van der Waals surface area contributed by atoms with Crippen LogP contribution in [0.1, 0.15) is 71.1 Å². The van der Waals surface area contributed by atoms with E-state index < -0.39 is 0 Å². The summed E-state index contributed by atoms with van der Waals surface area (Å²) in [5.74, 6) is 0.250. The molecule has 1 saturated heterocycles. The number of aliphatic hydroxyl groups excluding tert-OH is 1. The molecule has 0 spiro atoms. The second-order valence-corrected chi connectivity index (χ2v) is 5.44. The Morgan fingerprint density at radius 1 is 1.17 bits per heavy atom. The number of amides is 1. The highest BCUT2D eigenvalue weighted by atomic mass is 16.3. The maximum absolute atomic E-state index is 12.0. The summed E-state index contributed by atoms with van der Waals surface area (Å²) >= 11 is 0. The van der Waals surface area contributed by atoms with E-state index in [4.69, 9.17) is 0 Å². The Morgan fingerprint density at radius 3 is 2.50 bits per heavy atom. The molecule has 0 unspecified atom stereocenters. The van der Waals surface area contributed by atoms with E-state index >= 15 is 0 Å². The molecule has 18 heavy (non-hydrogen) atoms. The number of carbonyl (C=O) groups is 1. The van der Waals surface area contributed by atoms with Gasteiger partial charge < -0.3 is 10.0 Å². The van der Waals surface area contributed by atoms with Gasteiger partial charge in [-0.1, -0.05) is 45.4 Å². The van der Waals surface area contributed by atoms with Crippen LogP contribution in [0.5, 0.6) is 0 Å². The Morgan fingerprint density at radius 2 is 1.83 bits per heavy atom. The highest BCUT2D eigenvalue weighted by molar-refractivity contribution is 5.76. The van der Waals surface area contributed by atoms with Crippen molar-refractivity contribution in [1.29, 1.82) is 0 Å². The number of rotatable bonds is 9. The fraction of sp³-hybridized carbons (Fsp3) is 0.933. The van der Waals surface area contributed by atoms with Crippen LogP contribution in [-0.2, 0) is 4.79 Å². The summed E-state index contributed by atoms with van der Waals surface area (Å²) in [6, 6.07) is 0.0991. The van der Waals surface area contributed by atoms with Gasteiger partial charge in [0, 0.05) is 13.0 Å². The van der Waals surface area contributed by atoms with Gasteiger partial charge in [0.2, 0.25) is 5.91 Å². The molecule has 1 fully saturated rings. The predicted octanol–water partition coefficient (Wildman–Crippen LogP) is 3.11. The minimum atomic E-state index is 0.0991. The molecule has 0 saturated carbocycles. The van der Waals surface area contributed by atoms with Crippen LogP contribution in [0.4, 0.5) is 0 Å². The first-order chi connectivity index (χ1) is 8.79. The zero-order valence-corrected chi connectivity index (χ0v) is 11.9. The van der Waals surface area contributed by atoms with E-state index in [0.29, 0.717) is 6.42 Å². The molecule has 1 aliphatic rings. The molecule has 1 N–H and O–H groups in total. The molecule has 3 nitrogen and oxygen atoms in total. The Bertz CT molecular complexity index is 231. The normalized spacial score (nSPS) is 19.4. The average molecular weight is 255 g/mol. The summed E-state index contributed by atoms with van der Waals surface area (Å²) in [7, 11) is 0. The second kappa shape index (κ2) is 9.37. The van der Waals surface area contributed by atoms with Crippen LogP contribution >= 0.6 is 0 Å². The van der Waals surface area contributed by atoms with Crippen LogP contribution < -0.4 is 0 Å². The lowest BCUT2D eigenvalue weighted by Gasteiger charge is -2.22. The van der Waals surface area contributed by atoms with Gasteiger partial charge in [0.25, 0.3) is 0 Å². The monoisotopic (exact) mass is 255 g/mol. The number of nitrogens with zero attached hydrogens (tertiary/aromatic N) is 1. The number of unbranched alkanes of at least 4 members (excludes halogenated alkanes) is 6. The summed E-state index contributed by atoms with van der Waals surface area (Å²) in [5.41, 5.74) is 0. The van der Waals surface area contributed by atoms with Crippen LogP contribution in [0.2, 0.25) is 0 Å². The van der Waals surface area contributed by atoms with Crippen LogP contribution in [0.3, 0.4) is 0 Å². The van der Waals surface area contributed by atoms with E-state index in [-0.39, 0.29) is 18.6 Å².